The number of nitrogens with one attached hydrogen (secondary N) is 2. The van der Waals surface area contributed by atoms with E-state index in [1.807, 2.05) is 24.3 Å². The lowest BCUT2D eigenvalue weighted by molar-refractivity contribution is -0.141. The van der Waals surface area contributed by atoms with Crippen LogP contribution in [0.3, 0.4) is 0 Å². The number of carbonyl (C=O) groups is 2. The van der Waals surface area contributed by atoms with Crippen LogP contribution in [-0.4, -0.2) is 33.5 Å². The van der Waals surface area contributed by atoms with Gasteiger partial charge < -0.3 is 19.8 Å². The van der Waals surface area contributed by atoms with E-state index in [1.165, 1.54) is 21.0 Å². The Kier molecular flexibility index (Phi) is 6.32. The van der Waals surface area contributed by atoms with Crippen molar-refractivity contribution in [3.05, 3.63) is 36.0 Å². The molecule has 0 bridgehead atoms. The van der Waals surface area contributed by atoms with Crippen molar-refractivity contribution in [1.29, 1.82) is 0 Å². The third kappa shape index (κ3) is 4.75. The first-order valence-corrected chi connectivity index (χ1v) is 8.87. The van der Waals surface area contributed by atoms with E-state index in [0.717, 1.165) is 16.5 Å². The van der Waals surface area contributed by atoms with E-state index >= 15 is 0 Å². The fourth-order valence-electron chi connectivity index (χ4n) is 2.33. The van der Waals surface area contributed by atoms with Gasteiger partial charge in [-0.05, 0) is 19.9 Å². The predicted octanol–water partition coefficient (Wildman–Crippen LogP) is 4.65. The molecule has 0 aliphatic rings. The Morgan fingerprint density at radius 2 is 1.88 bits per heavy atom. The molecule has 0 spiro atoms. The molecule has 0 saturated heterocycles. The first-order chi connectivity index (χ1) is 12.0. The van der Waals surface area contributed by atoms with Gasteiger partial charge in [0.25, 0.3) is 0 Å². The molecule has 2 aromatic rings. The Labute approximate surface area is 166 Å². The van der Waals surface area contributed by atoms with E-state index in [4.69, 9.17) is 44.3 Å². The van der Waals surface area contributed by atoms with E-state index in [0.29, 0.717) is 0 Å². The average Bonchev–Trinajstić information content (AvgIpc) is 2.96. The summed E-state index contributed by atoms with van der Waals surface area (Å²) >= 11 is 17.5. The van der Waals surface area contributed by atoms with Crippen LogP contribution in [0.1, 0.15) is 31.9 Å². The van der Waals surface area contributed by atoms with Gasteiger partial charge in [-0.15, -0.1) is 0 Å². The zero-order chi connectivity index (χ0) is 19.5. The van der Waals surface area contributed by atoms with Crippen LogP contribution in [0.15, 0.2) is 30.5 Å². The Morgan fingerprint density at radius 1 is 1.23 bits per heavy atom. The predicted molar refractivity (Wildman–Crippen MR) is 102 cm³/mol. The lowest BCUT2D eigenvalue weighted by Gasteiger charge is -2.32. The summed E-state index contributed by atoms with van der Waals surface area (Å²) in [4.78, 5) is 27.2. The van der Waals surface area contributed by atoms with Gasteiger partial charge in [0.1, 0.15) is 0 Å². The number of carbonyl (C=O) groups excluding carboxylic acids is 2. The van der Waals surface area contributed by atoms with Crippen molar-refractivity contribution >= 4 is 57.8 Å². The summed E-state index contributed by atoms with van der Waals surface area (Å²) < 4.78 is 8.16. The highest BCUT2D eigenvalue weighted by Gasteiger charge is 2.44. The average molecular weight is 422 g/mol. The molecule has 1 heterocycles. The second kappa shape index (κ2) is 7.94. The normalized spacial score (nSPS) is 13.3. The maximum atomic E-state index is 12.3. The molecule has 1 atom stereocenters. The first kappa shape index (κ1) is 20.7. The molecular formula is C17H19Cl3N2O4. The third-order valence-corrected chi connectivity index (χ3v) is 5.28. The van der Waals surface area contributed by atoms with Crippen molar-refractivity contribution in [3.63, 3.8) is 0 Å². The van der Waals surface area contributed by atoms with Crippen LogP contribution in [0, 0.1) is 0 Å². The second-order valence-corrected chi connectivity index (χ2v) is 8.45. The number of esters is 1. The Hall–Kier alpha value is -1.63. The van der Waals surface area contributed by atoms with Gasteiger partial charge in [-0.3, -0.25) is 4.79 Å². The number of fused-ring (bicyclic) bond motifs is 1. The summed E-state index contributed by atoms with van der Waals surface area (Å²) in [6, 6.07) is 6.82. The number of aromatic amines is 1. The van der Waals surface area contributed by atoms with Crippen molar-refractivity contribution in [2.45, 2.75) is 35.7 Å². The third-order valence-electron chi connectivity index (χ3n) is 3.92. The number of alkyl halides is 3. The molecule has 1 amide bonds. The van der Waals surface area contributed by atoms with Crippen LogP contribution in [0.4, 0.5) is 4.79 Å². The fraction of sp³-hybridized carbons (Fsp3) is 0.412. The van der Waals surface area contributed by atoms with E-state index in [-0.39, 0.29) is 6.42 Å². The van der Waals surface area contributed by atoms with E-state index in [9.17, 15) is 9.59 Å². The highest BCUT2D eigenvalue weighted by Crippen LogP contribution is 2.40. The molecule has 0 aliphatic carbocycles. The van der Waals surface area contributed by atoms with Gasteiger partial charge in [0.15, 0.2) is 5.60 Å². The highest BCUT2D eigenvalue weighted by molar-refractivity contribution is 6.68. The quantitative estimate of drug-likeness (QED) is 0.544. The summed E-state index contributed by atoms with van der Waals surface area (Å²) in [6.07, 6.45) is 0.820. The molecule has 0 aliphatic heterocycles. The number of amides is 1. The molecule has 2 rings (SSSR count). The number of alkyl carbamates (subject to hydrolysis) is 1. The van der Waals surface area contributed by atoms with Crippen LogP contribution >= 0.6 is 34.8 Å². The second-order valence-electron chi connectivity index (χ2n) is 6.16. The summed E-state index contributed by atoms with van der Waals surface area (Å²) in [5.41, 5.74) is 0.210. The van der Waals surface area contributed by atoms with E-state index in [1.54, 1.807) is 6.20 Å². The number of aromatic nitrogens is 1. The SMILES string of the molecule is COC(=O)CC(NC(=O)OC(C)(C)C(Cl)(Cl)Cl)c1c[nH]c2ccccc12. The molecule has 142 valence electrons. The topological polar surface area (TPSA) is 80.4 Å². The molecule has 1 aromatic heterocycles. The van der Waals surface area contributed by atoms with Crippen LogP contribution in [0.2, 0.25) is 0 Å². The zero-order valence-electron chi connectivity index (χ0n) is 14.4. The van der Waals surface area contributed by atoms with Crippen molar-refractivity contribution in [3.8, 4) is 0 Å². The Morgan fingerprint density at radius 3 is 2.50 bits per heavy atom. The van der Waals surface area contributed by atoms with E-state index < -0.39 is 27.5 Å². The molecule has 0 radical (unpaired) electrons. The van der Waals surface area contributed by atoms with Gasteiger partial charge in [0.05, 0.1) is 19.6 Å². The standard InChI is InChI=1S/C17H19Cl3N2O4/c1-16(2,17(18,19)20)26-15(24)22-13(8-14(23)25-3)11-9-21-12-7-5-4-6-10(11)12/h4-7,9,13,21H,8H2,1-3H3,(H,22,24). The number of ether oxygens (including phenoxy) is 2. The molecule has 6 nitrogen and oxygen atoms in total. The molecular weight excluding hydrogens is 403 g/mol. The van der Waals surface area contributed by atoms with Gasteiger partial charge in [-0.25, -0.2) is 4.79 Å². The number of rotatable bonds is 5. The number of H-pyrrole nitrogens is 1. The maximum Gasteiger partial charge on any atom is 0.408 e. The smallest absolute Gasteiger partial charge is 0.408 e. The number of hydrogen-bond acceptors (Lipinski definition) is 4. The van der Waals surface area contributed by atoms with Crippen molar-refractivity contribution in [1.82, 2.24) is 10.3 Å². The minimum Gasteiger partial charge on any atom is -0.469 e. The summed E-state index contributed by atoms with van der Waals surface area (Å²) in [6.45, 7) is 2.95. The van der Waals surface area contributed by atoms with Crippen LogP contribution in [-0.2, 0) is 14.3 Å². The minimum absolute atomic E-state index is 0.0817. The van der Waals surface area contributed by atoms with Gasteiger partial charge in [0.2, 0.25) is 3.79 Å². The summed E-state index contributed by atoms with van der Waals surface area (Å²) in [7, 11) is 1.28. The molecule has 1 aromatic carbocycles. The van der Waals surface area contributed by atoms with Crippen molar-refractivity contribution in [2.24, 2.45) is 0 Å². The molecule has 1 unspecified atom stereocenters. The van der Waals surface area contributed by atoms with Gasteiger partial charge in [-0.2, -0.15) is 0 Å². The largest absolute Gasteiger partial charge is 0.469 e. The lowest BCUT2D eigenvalue weighted by atomic mass is 10.0. The number of hydrogen-bond donors (Lipinski definition) is 2. The first-order valence-electron chi connectivity index (χ1n) is 7.74. The van der Waals surface area contributed by atoms with Crippen LogP contribution < -0.4 is 5.32 Å². The molecule has 0 saturated carbocycles. The number of methoxy groups -OCH3 is 1. The van der Waals surface area contributed by atoms with Gasteiger partial charge in [-0.1, -0.05) is 53.0 Å². The number of halogens is 3. The van der Waals surface area contributed by atoms with Gasteiger partial charge >= 0.3 is 12.1 Å². The lowest BCUT2D eigenvalue weighted by Crippen LogP contribution is -2.44. The van der Waals surface area contributed by atoms with Crippen molar-refractivity contribution < 1.29 is 19.1 Å². The number of para-hydroxylation sites is 1. The number of benzene rings is 1. The maximum absolute atomic E-state index is 12.3. The summed E-state index contributed by atoms with van der Waals surface area (Å²) in [5, 5.41) is 3.51. The molecule has 26 heavy (non-hydrogen) atoms. The summed E-state index contributed by atoms with van der Waals surface area (Å²) in [5.74, 6) is -0.485. The van der Waals surface area contributed by atoms with Crippen LogP contribution in [0.25, 0.3) is 10.9 Å². The zero-order valence-corrected chi connectivity index (χ0v) is 16.7. The fourth-order valence-corrected chi connectivity index (χ4v) is 2.45. The Balaban J connectivity index is 2.26. The minimum atomic E-state index is -1.82. The van der Waals surface area contributed by atoms with E-state index in [2.05, 4.69) is 10.3 Å². The molecule has 0 fully saturated rings. The highest BCUT2D eigenvalue weighted by atomic mass is 35.6. The molecule has 2 N–H and O–H groups in total. The monoisotopic (exact) mass is 420 g/mol. The molecule has 9 heteroatoms. The Bertz CT molecular complexity index is 799. The van der Waals surface area contributed by atoms with Crippen LogP contribution in [0.5, 0.6) is 0 Å². The van der Waals surface area contributed by atoms with Crippen molar-refractivity contribution in [2.75, 3.05) is 7.11 Å². The van der Waals surface area contributed by atoms with Gasteiger partial charge in [0, 0.05) is 22.7 Å².